The number of pyridine rings is 4. The third kappa shape index (κ3) is 8.04. The van der Waals surface area contributed by atoms with Crippen LogP contribution in [0.5, 0.6) is 23.0 Å². The van der Waals surface area contributed by atoms with Crippen LogP contribution < -0.4 is 0 Å². The normalized spacial score (nSPS) is 11.9. The van der Waals surface area contributed by atoms with Crippen molar-refractivity contribution < 1.29 is 20.4 Å². The summed E-state index contributed by atoms with van der Waals surface area (Å²) < 4.78 is 0. The predicted octanol–water partition coefficient (Wildman–Crippen LogP) is 14.7. The number of fused-ring (bicyclic) bond motifs is 2. The van der Waals surface area contributed by atoms with Crippen LogP contribution in [-0.4, -0.2) is 40.4 Å². The summed E-state index contributed by atoms with van der Waals surface area (Å²) in [4.78, 5) is 20.1. The Morgan fingerprint density at radius 3 is 0.956 bits per heavy atom. The van der Waals surface area contributed by atoms with Crippen molar-refractivity contribution in [3.8, 4) is 102 Å². The van der Waals surface area contributed by atoms with Crippen LogP contribution in [0.25, 0.3) is 100 Å². The van der Waals surface area contributed by atoms with Crippen LogP contribution in [0, 0.1) is 0 Å². The van der Waals surface area contributed by atoms with Gasteiger partial charge in [-0.3, -0.25) is 0 Å². The summed E-state index contributed by atoms with van der Waals surface area (Å²) in [5, 5.41) is 50.4. The highest BCUT2D eigenvalue weighted by molar-refractivity contribution is 6.13. The molecule has 0 saturated heterocycles. The van der Waals surface area contributed by atoms with Crippen LogP contribution in [-0.2, 0) is 10.8 Å². The number of rotatable bonds is 7. The highest BCUT2D eigenvalue weighted by atomic mass is 16.3. The lowest BCUT2D eigenvalue weighted by molar-refractivity contribution is 0.472. The predicted molar refractivity (Wildman–Crippen MR) is 275 cm³/mol. The lowest BCUT2D eigenvalue weighted by Gasteiger charge is -2.20. The zero-order chi connectivity index (χ0) is 47.5. The summed E-state index contributed by atoms with van der Waals surface area (Å²) in [6.45, 7) is 12.8. The van der Waals surface area contributed by atoms with Gasteiger partial charge in [0, 0.05) is 33.4 Å². The molecule has 0 fully saturated rings. The van der Waals surface area contributed by atoms with Crippen molar-refractivity contribution in [3.05, 3.63) is 181 Å². The molecule has 8 heteroatoms. The molecule has 0 saturated carbocycles. The van der Waals surface area contributed by atoms with Gasteiger partial charge >= 0.3 is 0 Å². The van der Waals surface area contributed by atoms with Crippen molar-refractivity contribution in [2.45, 2.75) is 52.4 Å². The van der Waals surface area contributed by atoms with E-state index in [4.69, 9.17) is 19.9 Å². The number of hydrogen-bond acceptors (Lipinski definition) is 8. The van der Waals surface area contributed by atoms with Crippen LogP contribution in [0.3, 0.4) is 0 Å². The average molecular weight is 891 g/mol. The Balaban J connectivity index is 1.09. The zero-order valence-corrected chi connectivity index (χ0v) is 38.7. The molecule has 4 N–H and O–H groups in total. The Morgan fingerprint density at radius 1 is 0.309 bits per heavy atom. The van der Waals surface area contributed by atoms with E-state index in [-0.39, 0.29) is 33.8 Å². The minimum absolute atomic E-state index is 0.0434. The van der Waals surface area contributed by atoms with E-state index in [1.54, 1.807) is 12.1 Å². The molecule has 4 aromatic heterocycles. The lowest BCUT2D eigenvalue weighted by atomic mass is 9.85. The number of nitrogens with zero attached hydrogens (tertiary/aromatic N) is 4. The van der Waals surface area contributed by atoms with E-state index >= 15 is 0 Å². The van der Waals surface area contributed by atoms with Gasteiger partial charge in [0.2, 0.25) is 0 Å². The molecule has 0 unspecified atom stereocenters. The van der Waals surface area contributed by atoms with Crippen molar-refractivity contribution in [2.24, 2.45) is 0 Å². The smallest absolute Gasteiger partial charge is 0.133 e. The molecule has 8 nitrogen and oxygen atoms in total. The second-order valence-corrected chi connectivity index (χ2v) is 19.3. The summed E-state index contributed by atoms with van der Waals surface area (Å²) in [6.07, 6.45) is 0. The Bertz CT molecular complexity index is 3370. The standard InChI is InChI=1S/C60H50N4O4/c1-59(2,3)37-27-29-53(65)41(33-37)45-19-11-23-49(61-45)51-25-13-21-47(63-51)43-31-35-15-7-9-17-39(35)55(57(43)67)56-40-18-10-8-16-36(40)32-44(58(56)68)48-22-14-26-52(64-48)50-24-12-20-46(62-50)42-34-38(60(4,5)6)28-30-54(42)66/h7-34,65-68H,1-6H3. The molecule has 0 bridgehead atoms. The van der Waals surface area contributed by atoms with Gasteiger partial charge in [-0.2, -0.15) is 0 Å². The molecule has 0 aliphatic heterocycles. The third-order valence-corrected chi connectivity index (χ3v) is 12.6. The molecule has 10 rings (SSSR count). The Morgan fingerprint density at radius 2 is 0.618 bits per heavy atom. The van der Waals surface area contributed by atoms with Gasteiger partial charge < -0.3 is 20.4 Å². The van der Waals surface area contributed by atoms with E-state index in [2.05, 4.69) is 41.5 Å². The van der Waals surface area contributed by atoms with E-state index in [0.29, 0.717) is 78.9 Å². The Hall–Kier alpha value is -8.36. The van der Waals surface area contributed by atoms with Gasteiger partial charge in [0.15, 0.2) is 0 Å². The fourth-order valence-corrected chi connectivity index (χ4v) is 8.89. The molecule has 0 aliphatic rings. The van der Waals surface area contributed by atoms with E-state index < -0.39 is 0 Å². The monoisotopic (exact) mass is 890 g/mol. The summed E-state index contributed by atoms with van der Waals surface area (Å²) >= 11 is 0. The Labute approximate surface area is 395 Å². The maximum atomic E-state index is 12.7. The van der Waals surface area contributed by atoms with Gasteiger partial charge in [0.05, 0.1) is 45.6 Å². The van der Waals surface area contributed by atoms with Crippen LogP contribution in [0.4, 0.5) is 0 Å². The first kappa shape index (κ1) is 43.5. The number of phenols is 4. The van der Waals surface area contributed by atoms with Crippen LogP contribution in [0.2, 0.25) is 0 Å². The highest BCUT2D eigenvalue weighted by Gasteiger charge is 2.25. The zero-order valence-electron chi connectivity index (χ0n) is 38.7. The van der Waals surface area contributed by atoms with Crippen molar-refractivity contribution in [1.82, 2.24) is 19.9 Å². The van der Waals surface area contributed by atoms with Crippen LogP contribution in [0.15, 0.2) is 170 Å². The Kier molecular flexibility index (Phi) is 10.8. The average Bonchev–Trinajstić information content (AvgIpc) is 3.34. The molecule has 10 aromatic rings. The number of phenolic OH excluding ortho intramolecular Hbond substituents is 4. The van der Waals surface area contributed by atoms with Crippen molar-refractivity contribution in [1.29, 1.82) is 0 Å². The first-order chi connectivity index (χ1) is 32.6. The molecule has 0 aliphatic carbocycles. The minimum atomic E-state index is -0.124. The molecule has 0 atom stereocenters. The highest BCUT2D eigenvalue weighted by Crippen LogP contribution is 2.51. The van der Waals surface area contributed by atoms with Crippen molar-refractivity contribution in [2.75, 3.05) is 0 Å². The van der Waals surface area contributed by atoms with Crippen LogP contribution >= 0.6 is 0 Å². The van der Waals surface area contributed by atoms with Gasteiger partial charge in [0.25, 0.3) is 0 Å². The first-order valence-electron chi connectivity index (χ1n) is 22.7. The fourth-order valence-electron chi connectivity index (χ4n) is 8.89. The van der Waals surface area contributed by atoms with Gasteiger partial charge in [-0.15, -0.1) is 0 Å². The van der Waals surface area contributed by atoms with Gasteiger partial charge in [0.1, 0.15) is 23.0 Å². The van der Waals surface area contributed by atoms with Gasteiger partial charge in [-0.05, 0) is 128 Å². The number of aromatic hydroxyl groups is 4. The number of benzene rings is 6. The van der Waals surface area contributed by atoms with E-state index in [0.717, 1.165) is 32.7 Å². The summed E-state index contributed by atoms with van der Waals surface area (Å²) in [7, 11) is 0. The van der Waals surface area contributed by atoms with Crippen molar-refractivity contribution in [3.63, 3.8) is 0 Å². The van der Waals surface area contributed by atoms with E-state index in [1.165, 1.54) is 0 Å². The fraction of sp³-hybridized carbons (Fsp3) is 0.133. The summed E-state index contributed by atoms with van der Waals surface area (Å²) in [5.74, 6) is 0.198. The van der Waals surface area contributed by atoms with Gasteiger partial charge in [-0.25, -0.2) is 19.9 Å². The summed E-state index contributed by atoms with van der Waals surface area (Å²) in [6, 6.07) is 53.3. The topological polar surface area (TPSA) is 132 Å². The lowest BCUT2D eigenvalue weighted by Crippen LogP contribution is -2.10. The van der Waals surface area contributed by atoms with Crippen LogP contribution in [0.1, 0.15) is 52.7 Å². The van der Waals surface area contributed by atoms with E-state index in [9.17, 15) is 20.4 Å². The third-order valence-electron chi connectivity index (χ3n) is 12.6. The number of hydrogen-bond donors (Lipinski definition) is 4. The molecule has 68 heavy (non-hydrogen) atoms. The number of aromatic nitrogens is 4. The largest absolute Gasteiger partial charge is 0.507 e. The molecular weight excluding hydrogens is 841 g/mol. The molecule has 4 heterocycles. The second-order valence-electron chi connectivity index (χ2n) is 19.3. The van der Waals surface area contributed by atoms with Crippen molar-refractivity contribution >= 4 is 21.5 Å². The first-order valence-corrected chi connectivity index (χ1v) is 22.7. The molecule has 0 radical (unpaired) electrons. The maximum absolute atomic E-state index is 12.7. The molecule has 334 valence electrons. The summed E-state index contributed by atoms with van der Waals surface area (Å²) in [5.41, 5.74) is 9.67. The molecule has 0 amide bonds. The molecule has 0 spiro atoms. The minimum Gasteiger partial charge on any atom is -0.507 e. The van der Waals surface area contributed by atoms with Gasteiger partial charge in [-0.1, -0.05) is 126 Å². The van der Waals surface area contributed by atoms with E-state index in [1.807, 2.05) is 158 Å². The maximum Gasteiger partial charge on any atom is 0.133 e. The molecule has 6 aromatic carbocycles. The SMILES string of the molecule is CC(C)(C)c1ccc(O)c(-c2cccc(-c3cccc(-c4cc5ccccc5c(-c5c(O)c(-c6cccc(-c7cccc(-c8cc(C(C)(C)C)ccc8O)n7)n6)cc6ccccc56)c4O)n3)n2)c1. The second kappa shape index (κ2) is 16.8. The molecular formula is C60H50N4O4. The quantitative estimate of drug-likeness (QED) is 0.124.